The average Bonchev–Trinajstić information content (AvgIpc) is 3.07. The van der Waals surface area contributed by atoms with Gasteiger partial charge in [-0.05, 0) is 55.8 Å². The van der Waals surface area contributed by atoms with Crippen molar-refractivity contribution in [2.75, 3.05) is 0 Å². The number of aryl methyl sites for hydroxylation is 4. The Morgan fingerprint density at radius 2 is 1.70 bits per heavy atom. The van der Waals surface area contributed by atoms with E-state index in [0.29, 0.717) is 0 Å². The van der Waals surface area contributed by atoms with Crippen LogP contribution in [-0.4, -0.2) is 10.9 Å². The Bertz CT molecular complexity index is 906. The minimum absolute atomic E-state index is 0.894. The molecule has 0 saturated carbocycles. The Balaban J connectivity index is 2.07. The lowest BCUT2D eigenvalue weighted by Gasteiger charge is -2.03. The molecule has 0 atom stereocenters. The van der Waals surface area contributed by atoms with Crippen LogP contribution in [0.15, 0.2) is 45.1 Å². The predicted octanol–water partition coefficient (Wildman–Crippen LogP) is 4.96. The van der Waals surface area contributed by atoms with Crippen molar-refractivity contribution in [3.63, 3.8) is 0 Å². The minimum Gasteiger partial charge on any atom is -0.219 e. The van der Waals surface area contributed by atoms with Crippen LogP contribution in [0.4, 0.5) is 5.69 Å². The second kappa shape index (κ2) is 6.64. The number of aromatic nitrogens is 1. The quantitative estimate of drug-likeness (QED) is 0.603. The SMILES string of the molecule is Cc1ccsc1C=Nn1c(C)csc1=Nc1c(C)cccc1C. The highest BCUT2D eigenvalue weighted by Crippen LogP contribution is 2.22. The molecular weight excluding hydrogens is 322 g/mol. The molecule has 0 unspecified atom stereocenters. The van der Waals surface area contributed by atoms with Gasteiger partial charge in [-0.25, -0.2) is 9.67 Å². The van der Waals surface area contributed by atoms with Gasteiger partial charge < -0.3 is 0 Å². The summed E-state index contributed by atoms with van der Waals surface area (Å²) in [5.41, 5.74) is 5.73. The fourth-order valence-electron chi connectivity index (χ4n) is 2.31. The number of hydrogen-bond donors (Lipinski definition) is 0. The molecule has 2 aromatic heterocycles. The van der Waals surface area contributed by atoms with Crippen molar-refractivity contribution in [3.05, 3.63) is 67.1 Å². The van der Waals surface area contributed by atoms with Crippen molar-refractivity contribution in [3.8, 4) is 0 Å². The summed E-state index contributed by atoms with van der Waals surface area (Å²) in [5.74, 6) is 0. The molecule has 0 spiro atoms. The number of hydrogen-bond acceptors (Lipinski definition) is 4. The van der Waals surface area contributed by atoms with Gasteiger partial charge in [-0.2, -0.15) is 5.10 Å². The lowest BCUT2D eigenvalue weighted by atomic mass is 10.1. The summed E-state index contributed by atoms with van der Waals surface area (Å²) in [4.78, 5) is 6.93. The largest absolute Gasteiger partial charge is 0.219 e. The molecule has 1 aromatic carbocycles. The third kappa shape index (κ3) is 3.35. The van der Waals surface area contributed by atoms with Gasteiger partial charge in [0, 0.05) is 5.38 Å². The second-order valence-electron chi connectivity index (χ2n) is 5.54. The van der Waals surface area contributed by atoms with Crippen LogP contribution in [0.3, 0.4) is 0 Å². The van der Waals surface area contributed by atoms with Gasteiger partial charge in [0.1, 0.15) is 0 Å². The Morgan fingerprint density at radius 3 is 2.35 bits per heavy atom. The molecule has 118 valence electrons. The van der Waals surface area contributed by atoms with E-state index in [9.17, 15) is 0 Å². The maximum absolute atomic E-state index is 4.85. The molecular formula is C18H19N3S2. The molecule has 3 aromatic rings. The van der Waals surface area contributed by atoms with Crippen molar-refractivity contribution in [2.24, 2.45) is 10.1 Å². The van der Waals surface area contributed by atoms with Crippen molar-refractivity contribution in [2.45, 2.75) is 27.7 Å². The normalized spacial score (nSPS) is 12.4. The van der Waals surface area contributed by atoms with Gasteiger partial charge in [0.2, 0.25) is 4.80 Å². The maximum Gasteiger partial charge on any atom is 0.211 e. The van der Waals surface area contributed by atoms with Crippen LogP contribution >= 0.6 is 22.7 Å². The van der Waals surface area contributed by atoms with E-state index in [0.717, 1.165) is 16.2 Å². The van der Waals surface area contributed by atoms with Crippen LogP contribution < -0.4 is 4.80 Å². The van der Waals surface area contributed by atoms with Crippen LogP contribution in [0, 0.1) is 27.7 Å². The second-order valence-corrected chi connectivity index (χ2v) is 7.32. The first-order valence-corrected chi connectivity index (χ1v) is 9.18. The first-order valence-electron chi connectivity index (χ1n) is 7.43. The summed E-state index contributed by atoms with van der Waals surface area (Å²) in [6, 6.07) is 8.36. The molecule has 0 amide bonds. The topological polar surface area (TPSA) is 29.6 Å². The van der Waals surface area contributed by atoms with E-state index < -0.39 is 0 Å². The first-order chi connectivity index (χ1) is 11.1. The highest BCUT2D eigenvalue weighted by molar-refractivity contribution is 7.11. The summed E-state index contributed by atoms with van der Waals surface area (Å²) >= 11 is 3.32. The predicted molar refractivity (Wildman–Crippen MR) is 100 cm³/mol. The number of thiophene rings is 1. The Morgan fingerprint density at radius 1 is 0.957 bits per heavy atom. The van der Waals surface area contributed by atoms with E-state index in [-0.39, 0.29) is 0 Å². The molecule has 3 rings (SSSR count). The van der Waals surface area contributed by atoms with Gasteiger partial charge in [-0.1, -0.05) is 18.2 Å². The van der Waals surface area contributed by atoms with E-state index in [4.69, 9.17) is 4.99 Å². The van der Waals surface area contributed by atoms with Gasteiger partial charge >= 0.3 is 0 Å². The third-order valence-electron chi connectivity index (χ3n) is 3.69. The van der Waals surface area contributed by atoms with Gasteiger partial charge in [-0.3, -0.25) is 0 Å². The van der Waals surface area contributed by atoms with Crippen LogP contribution in [0.25, 0.3) is 0 Å². The van der Waals surface area contributed by atoms with Gasteiger partial charge in [0.25, 0.3) is 0 Å². The molecule has 23 heavy (non-hydrogen) atoms. The molecule has 0 bridgehead atoms. The van der Waals surface area contributed by atoms with Gasteiger partial charge in [0.15, 0.2) is 0 Å². The molecule has 0 aliphatic carbocycles. The van der Waals surface area contributed by atoms with Crippen LogP contribution in [0.2, 0.25) is 0 Å². The average molecular weight is 342 g/mol. The van der Waals surface area contributed by atoms with Gasteiger partial charge in [-0.15, -0.1) is 22.7 Å². The molecule has 3 nitrogen and oxygen atoms in total. The highest BCUT2D eigenvalue weighted by Gasteiger charge is 2.04. The lowest BCUT2D eigenvalue weighted by Crippen LogP contribution is -2.11. The summed E-state index contributed by atoms with van der Waals surface area (Å²) in [6.45, 7) is 8.34. The minimum atomic E-state index is 0.894. The summed E-state index contributed by atoms with van der Waals surface area (Å²) < 4.78 is 1.91. The molecule has 0 radical (unpaired) electrons. The molecule has 0 aliphatic rings. The van der Waals surface area contributed by atoms with E-state index >= 15 is 0 Å². The highest BCUT2D eigenvalue weighted by atomic mass is 32.1. The monoisotopic (exact) mass is 341 g/mol. The zero-order chi connectivity index (χ0) is 16.4. The Labute approximate surface area is 144 Å². The smallest absolute Gasteiger partial charge is 0.211 e. The molecule has 0 saturated heterocycles. The van der Waals surface area contributed by atoms with E-state index in [2.05, 4.69) is 67.8 Å². The molecule has 0 aliphatic heterocycles. The van der Waals surface area contributed by atoms with Crippen LogP contribution in [-0.2, 0) is 0 Å². The van der Waals surface area contributed by atoms with Crippen molar-refractivity contribution >= 4 is 34.6 Å². The van der Waals surface area contributed by atoms with Crippen molar-refractivity contribution in [1.29, 1.82) is 0 Å². The summed E-state index contributed by atoms with van der Waals surface area (Å²) in [7, 11) is 0. The third-order valence-corrected chi connectivity index (χ3v) is 5.58. The Hall–Kier alpha value is -1.98. The van der Waals surface area contributed by atoms with Crippen LogP contribution in [0.1, 0.15) is 27.3 Å². The summed E-state index contributed by atoms with van der Waals surface area (Å²) in [5, 5.41) is 8.82. The number of thiazole rings is 1. The standard InChI is InChI=1S/C18H19N3S2/c1-12-8-9-22-16(12)10-19-21-15(4)11-23-18(21)20-17-13(2)6-5-7-14(17)3/h5-11H,1-4H3. The lowest BCUT2D eigenvalue weighted by molar-refractivity contribution is 0.809. The van der Waals surface area contributed by atoms with Gasteiger partial charge in [0.05, 0.1) is 22.5 Å². The number of nitrogens with zero attached hydrogens (tertiary/aromatic N) is 3. The van der Waals surface area contributed by atoms with E-state index in [1.54, 1.807) is 22.7 Å². The zero-order valence-electron chi connectivity index (χ0n) is 13.7. The molecule has 0 N–H and O–H groups in total. The van der Waals surface area contributed by atoms with Crippen molar-refractivity contribution in [1.82, 2.24) is 4.68 Å². The zero-order valence-corrected chi connectivity index (χ0v) is 15.3. The molecule has 5 heteroatoms. The number of benzene rings is 1. The Kier molecular flexibility index (Phi) is 4.59. The van der Waals surface area contributed by atoms with E-state index in [1.165, 1.54) is 21.6 Å². The fraction of sp³-hybridized carbons (Fsp3) is 0.222. The summed E-state index contributed by atoms with van der Waals surface area (Å²) in [6.07, 6.45) is 1.92. The fourth-order valence-corrected chi connectivity index (χ4v) is 3.90. The van der Waals surface area contributed by atoms with E-state index in [1.807, 2.05) is 10.9 Å². The van der Waals surface area contributed by atoms with Crippen LogP contribution in [0.5, 0.6) is 0 Å². The molecule has 0 fully saturated rings. The molecule has 2 heterocycles. The number of rotatable bonds is 3. The van der Waals surface area contributed by atoms with Crippen molar-refractivity contribution < 1.29 is 0 Å². The first kappa shape index (κ1) is 15.9. The number of para-hydroxylation sites is 1. The maximum atomic E-state index is 4.85.